The molecule has 7 nitrogen and oxygen atoms in total. The van der Waals surface area contributed by atoms with Crippen LogP contribution in [0.1, 0.15) is 20.9 Å². The lowest BCUT2D eigenvalue weighted by atomic mass is 10.2. The molecule has 0 aliphatic heterocycles. The van der Waals surface area contributed by atoms with Crippen LogP contribution < -0.4 is 4.72 Å². The Kier molecular flexibility index (Phi) is 5.72. The van der Waals surface area contributed by atoms with Gasteiger partial charge in [-0.25, -0.2) is 17.9 Å². The van der Waals surface area contributed by atoms with E-state index in [1.807, 2.05) is 6.07 Å². The van der Waals surface area contributed by atoms with Crippen molar-refractivity contribution in [2.24, 2.45) is 0 Å². The standard InChI is InChI=1S/C20H17NO6S/c1-2-11-21-28(24,25)16-9-7-14(8-10-16)20(23)26-13-17(22)19-12-15-5-3-4-6-18(15)27-19/h2-10,12,21H,1,11,13H2. The van der Waals surface area contributed by atoms with Crippen LogP contribution in [0.2, 0.25) is 0 Å². The molecule has 28 heavy (non-hydrogen) atoms. The number of sulfonamides is 1. The van der Waals surface area contributed by atoms with Gasteiger partial charge in [-0.2, -0.15) is 0 Å². The van der Waals surface area contributed by atoms with Crippen LogP contribution in [0.4, 0.5) is 0 Å². The Bertz CT molecular complexity index is 1100. The van der Waals surface area contributed by atoms with Crippen molar-refractivity contribution >= 4 is 32.7 Å². The number of carbonyl (C=O) groups is 2. The number of carbonyl (C=O) groups excluding carboxylic acids is 2. The summed E-state index contributed by atoms with van der Waals surface area (Å²) < 4.78 is 36.7. The Morgan fingerprint density at radius 1 is 1.11 bits per heavy atom. The summed E-state index contributed by atoms with van der Waals surface area (Å²) in [6, 6.07) is 13.9. The smallest absolute Gasteiger partial charge is 0.338 e. The van der Waals surface area contributed by atoms with E-state index in [4.69, 9.17) is 9.15 Å². The fourth-order valence-electron chi connectivity index (χ4n) is 2.43. The maximum absolute atomic E-state index is 12.2. The lowest BCUT2D eigenvalue weighted by Gasteiger charge is -2.06. The van der Waals surface area contributed by atoms with Crippen LogP contribution >= 0.6 is 0 Å². The molecule has 0 aliphatic rings. The van der Waals surface area contributed by atoms with Crippen molar-refractivity contribution in [2.75, 3.05) is 13.2 Å². The van der Waals surface area contributed by atoms with Crippen LogP contribution in [0, 0.1) is 0 Å². The molecule has 3 aromatic rings. The van der Waals surface area contributed by atoms with Gasteiger partial charge in [0.1, 0.15) is 5.58 Å². The molecular weight excluding hydrogens is 382 g/mol. The molecule has 3 rings (SSSR count). The van der Waals surface area contributed by atoms with Gasteiger partial charge in [0.15, 0.2) is 12.4 Å². The second kappa shape index (κ2) is 8.20. The monoisotopic (exact) mass is 399 g/mol. The van der Waals surface area contributed by atoms with Gasteiger partial charge >= 0.3 is 5.97 Å². The molecule has 0 aliphatic carbocycles. The number of hydrogen-bond donors (Lipinski definition) is 1. The fraction of sp³-hybridized carbons (Fsp3) is 0.100. The highest BCUT2D eigenvalue weighted by Crippen LogP contribution is 2.19. The van der Waals surface area contributed by atoms with Gasteiger partial charge in [-0.05, 0) is 36.4 Å². The minimum Gasteiger partial charge on any atom is -0.454 e. The first-order chi connectivity index (χ1) is 13.4. The highest BCUT2D eigenvalue weighted by molar-refractivity contribution is 7.89. The quantitative estimate of drug-likeness (QED) is 0.355. The number of Topliss-reactive ketones (excluding diaryl/α,β-unsaturated/α-hetero) is 1. The summed E-state index contributed by atoms with van der Waals surface area (Å²) in [5.41, 5.74) is 0.694. The molecule has 1 aromatic heterocycles. The van der Waals surface area contributed by atoms with Crippen molar-refractivity contribution in [1.29, 1.82) is 0 Å². The molecule has 0 atom stereocenters. The summed E-state index contributed by atoms with van der Waals surface area (Å²) in [5, 5.41) is 0.777. The van der Waals surface area contributed by atoms with Gasteiger partial charge in [-0.3, -0.25) is 4.79 Å². The van der Waals surface area contributed by atoms with Crippen LogP contribution in [0.15, 0.2) is 76.6 Å². The van der Waals surface area contributed by atoms with Crippen LogP contribution in [-0.4, -0.2) is 33.3 Å². The van der Waals surface area contributed by atoms with Crippen molar-refractivity contribution < 1.29 is 27.2 Å². The number of para-hydroxylation sites is 1. The molecule has 2 aromatic carbocycles. The average molecular weight is 399 g/mol. The Labute approximate surface area is 161 Å². The number of ether oxygens (including phenoxy) is 1. The maximum Gasteiger partial charge on any atom is 0.338 e. The summed E-state index contributed by atoms with van der Waals surface area (Å²) in [6.07, 6.45) is 1.42. The van der Waals surface area contributed by atoms with Crippen molar-refractivity contribution in [1.82, 2.24) is 4.72 Å². The number of fused-ring (bicyclic) bond motifs is 1. The second-order valence-corrected chi connectivity index (χ2v) is 7.58. The van der Waals surface area contributed by atoms with Gasteiger partial charge in [0.05, 0.1) is 10.5 Å². The molecule has 0 radical (unpaired) electrons. The highest BCUT2D eigenvalue weighted by atomic mass is 32.2. The van der Waals surface area contributed by atoms with Crippen molar-refractivity contribution in [3.8, 4) is 0 Å². The zero-order chi connectivity index (χ0) is 20.1. The molecular formula is C20H17NO6S. The summed E-state index contributed by atoms with van der Waals surface area (Å²) in [5.74, 6) is -1.12. The molecule has 0 fully saturated rings. The normalized spacial score (nSPS) is 11.3. The van der Waals surface area contributed by atoms with E-state index in [9.17, 15) is 18.0 Å². The van der Waals surface area contributed by atoms with Crippen LogP contribution in [0.25, 0.3) is 11.0 Å². The molecule has 0 saturated heterocycles. The largest absolute Gasteiger partial charge is 0.454 e. The zero-order valence-electron chi connectivity index (χ0n) is 14.8. The van der Waals surface area contributed by atoms with Gasteiger partial charge in [0, 0.05) is 11.9 Å². The number of rotatable bonds is 8. The van der Waals surface area contributed by atoms with E-state index in [1.165, 1.54) is 30.3 Å². The number of furan rings is 1. The minimum atomic E-state index is -3.68. The number of ketones is 1. The van der Waals surface area contributed by atoms with E-state index in [1.54, 1.807) is 24.3 Å². The van der Waals surface area contributed by atoms with Gasteiger partial charge in [-0.1, -0.05) is 24.3 Å². The second-order valence-electron chi connectivity index (χ2n) is 5.81. The summed E-state index contributed by atoms with van der Waals surface area (Å²) in [4.78, 5) is 24.3. The number of hydrogen-bond acceptors (Lipinski definition) is 6. The Balaban J connectivity index is 1.63. The Morgan fingerprint density at radius 2 is 1.82 bits per heavy atom. The summed E-state index contributed by atoms with van der Waals surface area (Å²) in [6.45, 7) is 3.05. The SMILES string of the molecule is C=CCNS(=O)(=O)c1ccc(C(=O)OCC(=O)c2cc3ccccc3o2)cc1. The number of nitrogens with one attached hydrogen (secondary N) is 1. The molecule has 1 heterocycles. The van der Waals surface area contributed by atoms with E-state index in [-0.39, 0.29) is 22.8 Å². The van der Waals surface area contributed by atoms with Crippen molar-refractivity contribution in [3.63, 3.8) is 0 Å². The number of benzene rings is 2. The first-order valence-electron chi connectivity index (χ1n) is 8.30. The minimum absolute atomic E-state index is 0.00394. The van der Waals surface area contributed by atoms with E-state index in [2.05, 4.69) is 11.3 Å². The molecule has 1 N–H and O–H groups in total. The molecule has 0 amide bonds. The summed E-state index contributed by atoms with van der Waals surface area (Å²) >= 11 is 0. The van der Waals surface area contributed by atoms with E-state index < -0.39 is 28.4 Å². The maximum atomic E-state index is 12.2. The van der Waals surface area contributed by atoms with E-state index in [0.717, 1.165) is 5.39 Å². The Hall–Kier alpha value is -3.23. The van der Waals surface area contributed by atoms with Gasteiger partial charge in [-0.15, -0.1) is 6.58 Å². The predicted octanol–water partition coefficient (Wildman–Crippen LogP) is 2.94. The molecule has 144 valence electrons. The van der Waals surface area contributed by atoms with Crippen LogP contribution in [0.5, 0.6) is 0 Å². The van der Waals surface area contributed by atoms with Crippen LogP contribution in [0.3, 0.4) is 0 Å². The molecule has 8 heteroatoms. The topological polar surface area (TPSA) is 103 Å². The lowest BCUT2D eigenvalue weighted by Crippen LogP contribution is -2.23. The molecule has 0 saturated carbocycles. The summed E-state index contributed by atoms with van der Waals surface area (Å²) in [7, 11) is -3.68. The third-order valence-corrected chi connectivity index (χ3v) is 5.29. The third-order valence-electron chi connectivity index (χ3n) is 3.85. The van der Waals surface area contributed by atoms with Gasteiger partial charge in [0.2, 0.25) is 15.8 Å². The van der Waals surface area contributed by atoms with Crippen molar-refractivity contribution in [3.05, 3.63) is 78.6 Å². The predicted molar refractivity (Wildman–Crippen MR) is 103 cm³/mol. The van der Waals surface area contributed by atoms with Crippen LogP contribution in [-0.2, 0) is 14.8 Å². The van der Waals surface area contributed by atoms with Gasteiger partial charge < -0.3 is 9.15 Å². The third kappa shape index (κ3) is 4.36. The van der Waals surface area contributed by atoms with E-state index in [0.29, 0.717) is 5.58 Å². The molecule has 0 bridgehead atoms. The highest BCUT2D eigenvalue weighted by Gasteiger charge is 2.17. The van der Waals surface area contributed by atoms with E-state index >= 15 is 0 Å². The van der Waals surface area contributed by atoms with Crippen molar-refractivity contribution in [2.45, 2.75) is 4.90 Å². The lowest BCUT2D eigenvalue weighted by molar-refractivity contribution is 0.0468. The van der Waals surface area contributed by atoms with Gasteiger partial charge in [0.25, 0.3) is 0 Å². The average Bonchev–Trinajstić information content (AvgIpc) is 3.15. The Morgan fingerprint density at radius 3 is 2.50 bits per heavy atom. The zero-order valence-corrected chi connectivity index (χ0v) is 15.6. The molecule has 0 spiro atoms. The molecule has 0 unspecified atom stereocenters. The first kappa shape index (κ1) is 19.5. The fourth-order valence-corrected chi connectivity index (χ4v) is 3.43. The first-order valence-corrected chi connectivity index (χ1v) is 9.78. The number of esters is 1.